The Labute approximate surface area is 93.2 Å². The lowest BCUT2D eigenvalue weighted by Crippen LogP contribution is -2.12. The van der Waals surface area contributed by atoms with Gasteiger partial charge < -0.3 is 5.32 Å². The van der Waals surface area contributed by atoms with Crippen molar-refractivity contribution in [2.24, 2.45) is 0 Å². The Morgan fingerprint density at radius 2 is 1.94 bits per heavy atom. The molecule has 0 unspecified atom stereocenters. The number of carbonyl (C=O) groups is 1. The highest BCUT2D eigenvalue weighted by Crippen LogP contribution is 2.11. The van der Waals surface area contributed by atoms with E-state index in [9.17, 15) is 9.18 Å². The second kappa shape index (κ2) is 5.08. The van der Waals surface area contributed by atoms with Gasteiger partial charge in [-0.1, -0.05) is 0 Å². The normalized spacial score (nSPS) is 11.4. The highest BCUT2D eigenvalue weighted by atomic mass is 19.1. The van der Waals surface area contributed by atoms with E-state index in [1.54, 1.807) is 14.0 Å². The lowest BCUT2D eigenvalue weighted by Gasteiger charge is -2.04. The third-order valence-electron chi connectivity index (χ3n) is 2.20. The van der Waals surface area contributed by atoms with E-state index in [-0.39, 0.29) is 5.57 Å². The molecule has 0 spiro atoms. The predicted molar refractivity (Wildman–Crippen MR) is 58.1 cm³/mol. The van der Waals surface area contributed by atoms with Gasteiger partial charge in [0.15, 0.2) is 0 Å². The minimum absolute atomic E-state index is 0.0362. The van der Waals surface area contributed by atoms with E-state index in [0.717, 1.165) is 0 Å². The monoisotopic (exact) mass is 218 g/mol. The van der Waals surface area contributed by atoms with Crippen molar-refractivity contribution in [3.05, 3.63) is 46.9 Å². The minimum atomic E-state index is -0.413. The zero-order chi connectivity index (χ0) is 12.1. The number of Topliss-reactive ketones (excluding diaryl/α,β-unsaturated/α-hetero) is 1. The fourth-order valence-corrected chi connectivity index (χ4v) is 1.18. The largest absolute Gasteiger partial charge is 0.390 e. The zero-order valence-electron chi connectivity index (χ0n) is 9.04. The van der Waals surface area contributed by atoms with E-state index in [0.29, 0.717) is 11.3 Å². The molecule has 0 fully saturated rings. The molecule has 1 aromatic carbocycles. The summed E-state index contributed by atoms with van der Waals surface area (Å²) >= 11 is 0. The fourth-order valence-electron chi connectivity index (χ4n) is 1.18. The molecule has 0 amide bonds. The molecule has 0 saturated heterocycles. The Morgan fingerprint density at radius 3 is 2.38 bits per heavy atom. The molecule has 0 aliphatic carbocycles. The molecular weight excluding hydrogens is 207 g/mol. The van der Waals surface area contributed by atoms with Gasteiger partial charge in [-0.05, 0) is 31.2 Å². The maximum absolute atomic E-state index is 12.7. The van der Waals surface area contributed by atoms with Crippen LogP contribution in [0.2, 0.25) is 0 Å². The highest BCUT2D eigenvalue weighted by molar-refractivity contribution is 6.11. The second-order valence-electron chi connectivity index (χ2n) is 3.20. The van der Waals surface area contributed by atoms with Crippen LogP contribution in [0.3, 0.4) is 0 Å². The summed E-state index contributed by atoms with van der Waals surface area (Å²) in [6.45, 7) is 1.64. The van der Waals surface area contributed by atoms with Crippen molar-refractivity contribution < 1.29 is 9.18 Å². The first kappa shape index (κ1) is 11.9. The third-order valence-corrected chi connectivity index (χ3v) is 2.20. The summed E-state index contributed by atoms with van der Waals surface area (Å²) in [4.78, 5) is 11.8. The quantitative estimate of drug-likeness (QED) is 0.479. The number of nitrogens with one attached hydrogen (secondary N) is 1. The lowest BCUT2D eigenvalue weighted by molar-refractivity contribution is 0.103. The van der Waals surface area contributed by atoms with Gasteiger partial charge in [-0.15, -0.1) is 0 Å². The van der Waals surface area contributed by atoms with E-state index < -0.39 is 11.6 Å². The van der Waals surface area contributed by atoms with Crippen LogP contribution in [0.4, 0.5) is 4.39 Å². The van der Waals surface area contributed by atoms with Gasteiger partial charge in [0, 0.05) is 18.3 Å². The van der Waals surface area contributed by atoms with Gasteiger partial charge in [-0.2, -0.15) is 5.26 Å². The molecule has 1 N–H and O–H groups in total. The van der Waals surface area contributed by atoms with Crippen molar-refractivity contribution in [1.82, 2.24) is 5.32 Å². The van der Waals surface area contributed by atoms with Crippen molar-refractivity contribution >= 4 is 5.78 Å². The summed E-state index contributed by atoms with van der Waals surface area (Å²) in [6, 6.07) is 6.94. The molecule has 0 aromatic heterocycles. The molecule has 0 aliphatic heterocycles. The minimum Gasteiger partial charge on any atom is -0.390 e. The van der Waals surface area contributed by atoms with E-state index in [1.807, 2.05) is 6.07 Å². The van der Waals surface area contributed by atoms with E-state index in [4.69, 9.17) is 5.26 Å². The number of ketones is 1. The van der Waals surface area contributed by atoms with E-state index in [1.165, 1.54) is 24.3 Å². The van der Waals surface area contributed by atoms with Crippen molar-refractivity contribution in [2.75, 3.05) is 7.05 Å². The molecule has 0 heterocycles. The van der Waals surface area contributed by atoms with Crippen LogP contribution in [0.15, 0.2) is 35.5 Å². The molecule has 0 atom stereocenters. The van der Waals surface area contributed by atoms with Gasteiger partial charge in [0.2, 0.25) is 5.78 Å². The van der Waals surface area contributed by atoms with Crippen LogP contribution in [0, 0.1) is 17.1 Å². The number of allylic oxidation sites excluding steroid dienone is 2. The van der Waals surface area contributed by atoms with Gasteiger partial charge in [-0.25, -0.2) is 4.39 Å². The number of benzene rings is 1. The van der Waals surface area contributed by atoms with Crippen molar-refractivity contribution in [3.63, 3.8) is 0 Å². The summed E-state index contributed by atoms with van der Waals surface area (Å²) < 4.78 is 12.7. The van der Waals surface area contributed by atoms with E-state index in [2.05, 4.69) is 5.32 Å². The summed E-state index contributed by atoms with van der Waals surface area (Å²) in [6.07, 6.45) is 0. The van der Waals surface area contributed by atoms with Crippen LogP contribution in [0.25, 0.3) is 0 Å². The Balaban J connectivity index is 3.12. The molecular formula is C12H11FN2O. The van der Waals surface area contributed by atoms with Gasteiger partial charge in [0.1, 0.15) is 17.5 Å². The Bertz CT molecular complexity index is 469. The summed E-state index contributed by atoms with van der Waals surface area (Å²) in [7, 11) is 1.63. The molecule has 82 valence electrons. The predicted octanol–water partition coefficient (Wildman–Crippen LogP) is 2.03. The SMILES string of the molecule is CNC(C)=C(C#N)C(=O)c1ccc(F)cc1. The first-order chi connectivity index (χ1) is 7.60. The van der Waals surface area contributed by atoms with Crippen LogP contribution in [-0.2, 0) is 0 Å². The molecule has 4 heteroatoms. The molecule has 1 aromatic rings. The Kier molecular flexibility index (Phi) is 3.78. The number of carbonyl (C=O) groups excluding carboxylic acids is 1. The van der Waals surface area contributed by atoms with Crippen LogP contribution < -0.4 is 5.32 Å². The number of hydrogen-bond donors (Lipinski definition) is 1. The molecule has 3 nitrogen and oxygen atoms in total. The lowest BCUT2D eigenvalue weighted by atomic mass is 10.0. The standard InChI is InChI=1S/C12H11FN2O/c1-8(15-2)11(7-14)12(16)9-3-5-10(13)6-4-9/h3-6,15H,1-2H3. The Morgan fingerprint density at radius 1 is 1.38 bits per heavy atom. The third kappa shape index (κ3) is 2.45. The molecule has 0 saturated carbocycles. The smallest absolute Gasteiger partial charge is 0.205 e. The number of halogens is 1. The Hall–Kier alpha value is -2.15. The van der Waals surface area contributed by atoms with Crippen LogP contribution >= 0.6 is 0 Å². The summed E-state index contributed by atoms with van der Waals surface area (Å²) in [5, 5.41) is 11.6. The first-order valence-electron chi connectivity index (χ1n) is 4.69. The highest BCUT2D eigenvalue weighted by Gasteiger charge is 2.14. The van der Waals surface area contributed by atoms with Crippen LogP contribution in [0.5, 0.6) is 0 Å². The summed E-state index contributed by atoms with van der Waals surface area (Å²) in [5.41, 5.74) is 0.832. The molecule has 0 aliphatic rings. The van der Waals surface area contributed by atoms with Crippen LogP contribution in [0.1, 0.15) is 17.3 Å². The number of hydrogen-bond acceptors (Lipinski definition) is 3. The van der Waals surface area contributed by atoms with Gasteiger partial charge >= 0.3 is 0 Å². The van der Waals surface area contributed by atoms with Gasteiger partial charge in [0.05, 0.1) is 0 Å². The second-order valence-corrected chi connectivity index (χ2v) is 3.20. The summed E-state index contributed by atoms with van der Waals surface area (Å²) in [5.74, 6) is -0.821. The molecule has 16 heavy (non-hydrogen) atoms. The topological polar surface area (TPSA) is 52.9 Å². The number of nitriles is 1. The van der Waals surface area contributed by atoms with Crippen molar-refractivity contribution in [3.8, 4) is 6.07 Å². The van der Waals surface area contributed by atoms with Gasteiger partial charge in [0.25, 0.3) is 0 Å². The maximum atomic E-state index is 12.7. The van der Waals surface area contributed by atoms with E-state index >= 15 is 0 Å². The molecule has 1 rings (SSSR count). The first-order valence-corrected chi connectivity index (χ1v) is 4.69. The van der Waals surface area contributed by atoms with Crippen molar-refractivity contribution in [2.45, 2.75) is 6.92 Å². The molecule has 0 bridgehead atoms. The average molecular weight is 218 g/mol. The average Bonchev–Trinajstić information content (AvgIpc) is 2.30. The number of nitrogens with zero attached hydrogens (tertiary/aromatic N) is 1. The number of rotatable bonds is 3. The fraction of sp³-hybridized carbons (Fsp3) is 0.167. The van der Waals surface area contributed by atoms with Crippen LogP contribution in [-0.4, -0.2) is 12.8 Å². The van der Waals surface area contributed by atoms with Gasteiger partial charge in [-0.3, -0.25) is 4.79 Å². The zero-order valence-corrected chi connectivity index (χ0v) is 9.04. The maximum Gasteiger partial charge on any atom is 0.205 e. The molecule has 0 radical (unpaired) electrons. The van der Waals surface area contributed by atoms with Crippen molar-refractivity contribution in [1.29, 1.82) is 5.26 Å².